The molecule has 0 aliphatic carbocycles. The molecule has 3 nitrogen and oxygen atoms in total. The number of ether oxygens (including phenoxy) is 1. The molecule has 0 atom stereocenters. The molecule has 0 bridgehead atoms. The smallest absolute Gasteiger partial charge is 0.132 e. The van der Waals surface area contributed by atoms with Crippen LogP contribution >= 0.6 is 15.9 Å². The van der Waals surface area contributed by atoms with Gasteiger partial charge < -0.3 is 10.1 Å². The fraction of sp³-hybridized carbons (Fsp3) is 0.188. The summed E-state index contributed by atoms with van der Waals surface area (Å²) in [6.45, 7) is 2.26. The molecule has 2 aromatic carbocycles. The Hall–Kier alpha value is -1.81. The molecule has 2 aromatic rings. The van der Waals surface area contributed by atoms with Crippen LogP contribution in [0.2, 0.25) is 0 Å². The predicted octanol–water partition coefficient (Wildman–Crippen LogP) is 3.38. The molecule has 0 amide bonds. The van der Waals surface area contributed by atoms with Gasteiger partial charge in [-0.25, -0.2) is 0 Å². The molecule has 0 saturated carbocycles. The monoisotopic (exact) mass is 330 g/mol. The summed E-state index contributed by atoms with van der Waals surface area (Å²) in [6.07, 6.45) is 0. The highest BCUT2D eigenvalue weighted by atomic mass is 79.9. The second kappa shape index (κ2) is 6.09. The summed E-state index contributed by atoms with van der Waals surface area (Å²) >= 11 is 3.54. The second-order valence-electron chi connectivity index (χ2n) is 4.53. The average molecular weight is 331 g/mol. The van der Waals surface area contributed by atoms with Gasteiger partial charge in [0.15, 0.2) is 0 Å². The molecule has 102 valence electrons. The lowest BCUT2D eigenvalue weighted by Gasteiger charge is -2.12. The largest absolute Gasteiger partial charge is 0.488 e. The zero-order valence-electron chi connectivity index (χ0n) is 11.0. The van der Waals surface area contributed by atoms with Crippen molar-refractivity contribution in [3.63, 3.8) is 0 Å². The zero-order valence-corrected chi connectivity index (χ0v) is 12.6. The molecule has 1 aliphatic heterocycles. The van der Waals surface area contributed by atoms with Crippen molar-refractivity contribution in [3.05, 3.63) is 64.1 Å². The van der Waals surface area contributed by atoms with Gasteiger partial charge in [-0.1, -0.05) is 46.3 Å². The number of rotatable bonds is 4. The van der Waals surface area contributed by atoms with Crippen LogP contribution in [0.5, 0.6) is 5.75 Å². The van der Waals surface area contributed by atoms with E-state index in [1.54, 1.807) is 0 Å². The Kier molecular flexibility index (Phi) is 4.02. The number of benzene rings is 2. The molecule has 1 heterocycles. The lowest BCUT2D eigenvalue weighted by molar-refractivity contribution is 0.305. The third-order valence-corrected chi connectivity index (χ3v) is 3.93. The second-order valence-corrected chi connectivity index (χ2v) is 5.39. The van der Waals surface area contributed by atoms with Crippen molar-refractivity contribution in [2.75, 3.05) is 13.1 Å². The highest BCUT2D eigenvalue weighted by molar-refractivity contribution is 9.10. The van der Waals surface area contributed by atoms with Crippen molar-refractivity contribution in [1.82, 2.24) is 5.32 Å². The van der Waals surface area contributed by atoms with Crippen molar-refractivity contribution in [2.45, 2.75) is 6.61 Å². The summed E-state index contributed by atoms with van der Waals surface area (Å²) in [5.74, 6) is 1.78. The molecule has 0 radical (unpaired) electrons. The van der Waals surface area contributed by atoms with E-state index in [9.17, 15) is 0 Å². The number of aliphatic imine (C=N–C) groups is 1. The van der Waals surface area contributed by atoms with Crippen molar-refractivity contribution in [3.8, 4) is 5.75 Å². The summed E-state index contributed by atoms with van der Waals surface area (Å²) in [5, 5.41) is 3.28. The van der Waals surface area contributed by atoms with Gasteiger partial charge in [0, 0.05) is 16.6 Å². The Morgan fingerprint density at radius 2 is 1.90 bits per heavy atom. The van der Waals surface area contributed by atoms with Gasteiger partial charge in [0.2, 0.25) is 0 Å². The summed E-state index contributed by atoms with van der Waals surface area (Å²) < 4.78 is 7.03. The maximum Gasteiger partial charge on any atom is 0.132 e. The quantitative estimate of drug-likeness (QED) is 0.932. The fourth-order valence-electron chi connectivity index (χ4n) is 2.14. The van der Waals surface area contributed by atoms with Crippen LogP contribution in [-0.2, 0) is 6.61 Å². The van der Waals surface area contributed by atoms with Crippen LogP contribution in [0.25, 0.3) is 0 Å². The molecular formula is C16H15BrN2O. The lowest BCUT2D eigenvalue weighted by Crippen LogP contribution is -2.20. The SMILES string of the molecule is Brc1ccccc1COc1ccccc1C1=NCCN1. The summed E-state index contributed by atoms with van der Waals surface area (Å²) in [7, 11) is 0. The maximum atomic E-state index is 5.97. The van der Waals surface area contributed by atoms with E-state index in [0.717, 1.165) is 40.3 Å². The number of amidine groups is 1. The topological polar surface area (TPSA) is 33.6 Å². The summed E-state index contributed by atoms with van der Waals surface area (Å²) in [4.78, 5) is 4.46. The molecule has 0 saturated heterocycles. The van der Waals surface area contributed by atoms with Gasteiger partial charge in [0.25, 0.3) is 0 Å². The Bertz CT molecular complexity index is 640. The molecular weight excluding hydrogens is 316 g/mol. The van der Waals surface area contributed by atoms with Crippen LogP contribution < -0.4 is 10.1 Å². The van der Waals surface area contributed by atoms with Gasteiger partial charge in [-0.2, -0.15) is 0 Å². The van der Waals surface area contributed by atoms with E-state index in [1.807, 2.05) is 42.5 Å². The third-order valence-electron chi connectivity index (χ3n) is 3.16. The van der Waals surface area contributed by atoms with Crippen molar-refractivity contribution < 1.29 is 4.74 Å². The Labute approximate surface area is 126 Å². The van der Waals surface area contributed by atoms with E-state index >= 15 is 0 Å². The summed E-state index contributed by atoms with van der Waals surface area (Å²) in [6, 6.07) is 16.1. The van der Waals surface area contributed by atoms with Crippen molar-refractivity contribution in [2.24, 2.45) is 4.99 Å². The first-order valence-corrected chi connectivity index (χ1v) is 7.38. The molecule has 20 heavy (non-hydrogen) atoms. The number of nitrogens with one attached hydrogen (secondary N) is 1. The van der Waals surface area contributed by atoms with E-state index in [2.05, 4.69) is 32.3 Å². The molecule has 0 fully saturated rings. The van der Waals surface area contributed by atoms with Crippen LogP contribution in [0.15, 0.2) is 58.0 Å². The van der Waals surface area contributed by atoms with E-state index in [0.29, 0.717) is 6.61 Å². The molecule has 3 rings (SSSR count). The van der Waals surface area contributed by atoms with Gasteiger partial charge in [0.1, 0.15) is 18.2 Å². The highest BCUT2D eigenvalue weighted by Crippen LogP contribution is 2.23. The van der Waals surface area contributed by atoms with Crippen LogP contribution in [0.3, 0.4) is 0 Å². The fourth-order valence-corrected chi connectivity index (χ4v) is 2.54. The van der Waals surface area contributed by atoms with Crippen molar-refractivity contribution >= 4 is 21.8 Å². The number of hydrogen-bond donors (Lipinski definition) is 1. The normalized spacial score (nSPS) is 13.8. The van der Waals surface area contributed by atoms with Gasteiger partial charge in [-0.3, -0.25) is 4.99 Å². The highest BCUT2D eigenvalue weighted by Gasteiger charge is 2.13. The van der Waals surface area contributed by atoms with E-state index < -0.39 is 0 Å². The average Bonchev–Trinajstić information content (AvgIpc) is 3.01. The van der Waals surface area contributed by atoms with Gasteiger partial charge in [-0.15, -0.1) is 0 Å². The number of hydrogen-bond acceptors (Lipinski definition) is 3. The first-order chi connectivity index (χ1) is 9.84. The Morgan fingerprint density at radius 1 is 1.10 bits per heavy atom. The van der Waals surface area contributed by atoms with E-state index in [1.165, 1.54) is 0 Å². The number of nitrogens with zero attached hydrogens (tertiary/aromatic N) is 1. The van der Waals surface area contributed by atoms with Gasteiger partial charge >= 0.3 is 0 Å². The Balaban J connectivity index is 1.79. The number of para-hydroxylation sites is 1. The standard InChI is InChI=1S/C16H15BrN2O/c17-14-7-3-1-5-12(14)11-20-15-8-4-2-6-13(15)16-18-9-10-19-16/h1-8H,9-11H2,(H,18,19). The molecule has 0 unspecified atom stereocenters. The minimum atomic E-state index is 0.533. The van der Waals surface area contributed by atoms with E-state index in [4.69, 9.17) is 4.74 Å². The Morgan fingerprint density at radius 3 is 2.70 bits per heavy atom. The summed E-state index contributed by atoms with van der Waals surface area (Å²) in [5.41, 5.74) is 2.15. The van der Waals surface area contributed by atoms with Crippen LogP contribution in [0.1, 0.15) is 11.1 Å². The first-order valence-electron chi connectivity index (χ1n) is 6.58. The maximum absolute atomic E-state index is 5.97. The molecule has 1 aliphatic rings. The van der Waals surface area contributed by atoms with Gasteiger partial charge in [-0.05, 0) is 18.2 Å². The first kappa shape index (κ1) is 13.2. The number of halogens is 1. The zero-order chi connectivity index (χ0) is 13.8. The van der Waals surface area contributed by atoms with Gasteiger partial charge in [0.05, 0.1) is 12.1 Å². The van der Waals surface area contributed by atoms with E-state index in [-0.39, 0.29) is 0 Å². The minimum Gasteiger partial charge on any atom is -0.488 e. The predicted molar refractivity (Wildman–Crippen MR) is 84.3 cm³/mol. The molecule has 0 aromatic heterocycles. The van der Waals surface area contributed by atoms with Crippen LogP contribution in [-0.4, -0.2) is 18.9 Å². The molecule has 4 heteroatoms. The van der Waals surface area contributed by atoms with Crippen molar-refractivity contribution in [1.29, 1.82) is 0 Å². The molecule has 0 spiro atoms. The minimum absolute atomic E-state index is 0.533. The van der Waals surface area contributed by atoms with Crippen LogP contribution in [0, 0.1) is 0 Å². The third kappa shape index (κ3) is 2.85. The van der Waals surface area contributed by atoms with Crippen LogP contribution in [0.4, 0.5) is 0 Å². The molecule has 1 N–H and O–H groups in total. The lowest BCUT2D eigenvalue weighted by atomic mass is 10.2.